The van der Waals surface area contributed by atoms with Gasteiger partial charge < -0.3 is 4.57 Å². The smallest absolute Gasteiger partial charge is 0.307 e. The summed E-state index contributed by atoms with van der Waals surface area (Å²) in [6.45, 7) is -1.64. The highest BCUT2D eigenvalue weighted by molar-refractivity contribution is 6.04. The summed E-state index contributed by atoms with van der Waals surface area (Å²) in [6, 6.07) is 21.7. The molecule has 6 rings (SSSR count). The number of hydrogen-bond donors (Lipinski definition) is 0. The number of aryl methyl sites for hydroxylation is 1. The number of hydrogen-bond acceptors (Lipinski definition) is 1. The topological polar surface area (TPSA) is 26.6 Å². The van der Waals surface area contributed by atoms with Gasteiger partial charge in [-0.15, -0.1) is 0 Å². The number of nitrogens with zero attached hydrogens (tertiary/aromatic N) is 4. The molecule has 0 N–H and O–H groups in total. The first kappa shape index (κ1) is 11.3. The van der Waals surface area contributed by atoms with E-state index < -0.39 is 6.98 Å². The van der Waals surface area contributed by atoms with Crippen LogP contribution >= 0.6 is 0 Å². The number of para-hydroxylation sites is 2. The highest BCUT2D eigenvalue weighted by atomic mass is 15.3. The van der Waals surface area contributed by atoms with Crippen LogP contribution in [0, 0.1) is 0 Å². The highest BCUT2D eigenvalue weighted by Crippen LogP contribution is 2.36. The minimum atomic E-state index is -2.31. The lowest BCUT2D eigenvalue weighted by atomic mass is 10.2. The van der Waals surface area contributed by atoms with Crippen LogP contribution in [0.2, 0.25) is 0 Å². The van der Waals surface area contributed by atoms with E-state index in [9.17, 15) is 0 Å². The van der Waals surface area contributed by atoms with E-state index in [4.69, 9.17) is 4.11 Å². The lowest BCUT2D eigenvalue weighted by Crippen LogP contribution is -2.31. The van der Waals surface area contributed by atoms with Crippen molar-refractivity contribution in [2.75, 3.05) is 0 Å². The molecular weight excluding hydrogens is 320 g/mol. The van der Waals surface area contributed by atoms with E-state index in [0.29, 0.717) is 17.7 Å². The van der Waals surface area contributed by atoms with Crippen LogP contribution < -0.4 is 4.57 Å². The van der Waals surface area contributed by atoms with Gasteiger partial charge in [0.1, 0.15) is 12.2 Å². The van der Waals surface area contributed by atoms with E-state index in [1.807, 2.05) is 65.2 Å². The average Bonchev–Trinajstić information content (AvgIpc) is 3.34. The third-order valence-corrected chi connectivity index (χ3v) is 5.22. The first-order chi connectivity index (χ1) is 14.1. The minimum Gasteiger partial charge on any atom is -0.307 e. The molecular formula is C22H17N4+. The second kappa shape index (κ2) is 4.82. The van der Waals surface area contributed by atoms with Crippen LogP contribution in [-0.2, 0) is 13.5 Å². The molecule has 0 saturated heterocycles. The molecule has 124 valence electrons. The molecule has 3 aromatic heterocycles. The predicted octanol–water partition coefficient (Wildman–Crippen LogP) is 3.83. The van der Waals surface area contributed by atoms with Gasteiger partial charge in [-0.3, -0.25) is 0 Å². The maximum atomic E-state index is 8.27. The van der Waals surface area contributed by atoms with Crippen LogP contribution in [0.5, 0.6) is 0 Å². The highest BCUT2D eigenvalue weighted by Gasteiger charge is 2.38. The van der Waals surface area contributed by atoms with E-state index in [0.717, 1.165) is 33.7 Å². The van der Waals surface area contributed by atoms with Crippen LogP contribution in [0.4, 0.5) is 0 Å². The van der Waals surface area contributed by atoms with Crippen molar-refractivity contribution in [1.82, 2.24) is 14.1 Å². The van der Waals surface area contributed by atoms with Gasteiger partial charge in [-0.05, 0) is 30.3 Å². The van der Waals surface area contributed by atoms with Crippen molar-refractivity contribution in [1.29, 1.82) is 0 Å². The molecule has 0 radical (unpaired) electrons. The first-order valence-corrected chi connectivity index (χ1v) is 8.63. The molecule has 0 spiro atoms. The van der Waals surface area contributed by atoms with Crippen LogP contribution in [0.1, 0.15) is 9.68 Å². The van der Waals surface area contributed by atoms with Gasteiger partial charge in [0.05, 0.1) is 10.9 Å². The summed E-state index contributed by atoms with van der Waals surface area (Å²) in [5, 5.41) is 0.933. The summed E-state index contributed by atoms with van der Waals surface area (Å²) in [5.74, 6) is 0.917. The van der Waals surface area contributed by atoms with Crippen molar-refractivity contribution in [2.24, 2.45) is 6.98 Å². The van der Waals surface area contributed by atoms with Crippen molar-refractivity contribution in [3.8, 4) is 17.2 Å². The number of pyridine rings is 1. The van der Waals surface area contributed by atoms with Gasteiger partial charge in [0.25, 0.3) is 5.65 Å². The van der Waals surface area contributed by atoms with Crippen LogP contribution in [0.15, 0.2) is 72.9 Å². The molecule has 4 heteroatoms. The molecule has 0 saturated carbocycles. The standard InChI is InChI=1S/C22H17N4/c1-24-18-12-6-5-11-17(18)20-22(24)26(16-9-3-2-4-10-16)21-19-15(14-25(20)21)8-7-13-23-19/h2-13H,14H2,1H3/q+1/i1D3. The third kappa shape index (κ3) is 1.59. The molecule has 0 atom stereocenters. The average molecular weight is 340 g/mol. The fraction of sp³-hybridized carbons (Fsp3) is 0.0909. The molecule has 4 heterocycles. The van der Waals surface area contributed by atoms with Crippen LogP contribution in [-0.4, -0.2) is 14.1 Å². The van der Waals surface area contributed by atoms with Gasteiger partial charge in [0, 0.05) is 22.8 Å². The van der Waals surface area contributed by atoms with E-state index in [1.54, 1.807) is 6.20 Å². The van der Waals surface area contributed by atoms with Gasteiger partial charge in [-0.2, -0.15) is 4.57 Å². The van der Waals surface area contributed by atoms with Crippen molar-refractivity contribution in [3.63, 3.8) is 0 Å². The van der Waals surface area contributed by atoms with Crippen molar-refractivity contribution < 1.29 is 8.68 Å². The number of benzene rings is 2. The predicted molar refractivity (Wildman–Crippen MR) is 102 cm³/mol. The first-order valence-electron chi connectivity index (χ1n) is 10.1. The second-order valence-corrected chi connectivity index (χ2v) is 6.62. The molecule has 26 heavy (non-hydrogen) atoms. The van der Waals surface area contributed by atoms with E-state index in [-0.39, 0.29) is 0 Å². The molecule has 0 bridgehead atoms. The fourth-order valence-corrected chi connectivity index (χ4v) is 4.16. The summed E-state index contributed by atoms with van der Waals surface area (Å²) in [4.78, 5) is 4.64. The Morgan fingerprint density at radius 2 is 1.85 bits per heavy atom. The summed E-state index contributed by atoms with van der Waals surface area (Å²) < 4.78 is 30.5. The van der Waals surface area contributed by atoms with Gasteiger partial charge in [0.2, 0.25) is 5.52 Å². The molecule has 4 nitrogen and oxygen atoms in total. The minimum absolute atomic E-state index is 0.670. The Balaban J connectivity index is 1.89. The number of rotatable bonds is 1. The molecule has 0 aliphatic carbocycles. The van der Waals surface area contributed by atoms with E-state index in [1.165, 1.54) is 4.57 Å². The zero-order valence-electron chi connectivity index (χ0n) is 16.9. The fourth-order valence-electron chi connectivity index (χ4n) is 4.16. The van der Waals surface area contributed by atoms with Gasteiger partial charge in [-0.25, -0.2) is 9.55 Å². The Kier molecular flexibility index (Phi) is 2.09. The Morgan fingerprint density at radius 1 is 1.00 bits per heavy atom. The number of aromatic nitrogens is 4. The monoisotopic (exact) mass is 340 g/mol. The maximum Gasteiger partial charge on any atom is 0.315 e. The van der Waals surface area contributed by atoms with Crippen molar-refractivity contribution in [2.45, 2.75) is 6.54 Å². The maximum absolute atomic E-state index is 8.27. The van der Waals surface area contributed by atoms with E-state index >= 15 is 0 Å². The molecule has 2 aromatic carbocycles. The zero-order valence-corrected chi connectivity index (χ0v) is 13.9. The van der Waals surface area contributed by atoms with Crippen molar-refractivity contribution in [3.05, 3.63) is 78.5 Å². The quantitative estimate of drug-likeness (QED) is 0.418. The number of fused-ring (bicyclic) bond motifs is 7. The summed E-state index contributed by atoms with van der Waals surface area (Å²) in [5.41, 5.74) is 5.25. The zero-order chi connectivity index (χ0) is 19.8. The van der Waals surface area contributed by atoms with Gasteiger partial charge >= 0.3 is 5.82 Å². The lowest BCUT2D eigenvalue weighted by molar-refractivity contribution is -0.645. The molecule has 5 aromatic rings. The van der Waals surface area contributed by atoms with Crippen LogP contribution in [0.25, 0.3) is 39.3 Å². The van der Waals surface area contributed by atoms with E-state index in [2.05, 4.69) is 15.6 Å². The summed E-state index contributed by atoms with van der Waals surface area (Å²) >= 11 is 0. The Labute approximate surface area is 154 Å². The SMILES string of the molecule is [2H]C([2H])([2H])n1c2ccccc2c2c1n(-c1ccccc1)c1[n+]2Cc2cccnc2-1. The largest absolute Gasteiger partial charge is 0.315 e. The Hall–Kier alpha value is -3.40. The van der Waals surface area contributed by atoms with Gasteiger partial charge in [0.15, 0.2) is 5.69 Å². The molecule has 0 fully saturated rings. The molecule has 1 aliphatic rings. The lowest BCUT2D eigenvalue weighted by Gasteiger charge is -2.03. The Morgan fingerprint density at radius 3 is 2.73 bits per heavy atom. The third-order valence-electron chi connectivity index (χ3n) is 5.22. The van der Waals surface area contributed by atoms with Crippen molar-refractivity contribution >= 4 is 22.1 Å². The second-order valence-electron chi connectivity index (χ2n) is 6.62. The normalized spacial score (nSPS) is 14.8. The summed E-state index contributed by atoms with van der Waals surface area (Å²) in [7, 11) is 0. The molecule has 0 unspecified atom stereocenters. The van der Waals surface area contributed by atoms with Crippen LogP contribution in [0.3, 0.4) is 0 Å². The van der Waals surface area contributed by atoms with Gasteiger partial charge in [-0.1, -0.05) is 36.4 Å². The Bertz CT molecular complexity index is 1410. The molecule has 1 aliphatic heterocycles. The number of imidazole rings is 1. The molecule has 0 amide bonds. The summed E-state index contributed by atoms with van der Waals surface area (Å²) in [6.07, 6.45) is 1.79.